The number of fused-ring (bicyclic) bond motifs is 1. The van der Waals surface area contributed by atoms with Crippen LogP contribution in [0.4, 0.5) is 4.79 Å². The van der Waals surface area contributed by atoms with Crippen molar-refractivity contribution in [2.45, 2.75) is 39.2 Å². The minimum Gasteiger partial charge on any atom is -0.497 e. The lowest BCUT2D eigenvalue weighted by Crippen LogP contribution is -2.54. The lowest BCUT2D eigenvalue weighted by Gasteiger charge is -2.41. The Morgan fingerprint density at radius 3 is 2.61 bits per heavy atom. The van der Waals surface area contributed by atoms with E-state index in [9.17, 15) is 9.59 Å². The molecule has 2 amide bonds. The van der Waals surface area contributed by atoms with Crippen LogP contribution in [-0.2, 0) is 9.53 Å². The van der Waals surface area contributed by atoms with Crippen LogP contribution in [0.5, 0.6) is 0 Å². The van der Waals surface area contributed by atoms with E-state index in [1.807, 2.05) is 18.2 Å². The zero-order valence-electron chi connectivity index (χ0n) is 17.0. The second kappa shape index (κ2) is 7.50. The summed E-state index contributed by atoms with van der Waals surface area (Å²) in [7, 11) is 1.61. The Morgan fingerprint density at radius 2 is 2.04 bits per heavy atom. The Morgan fingerprint density at radius 1 is 1.36 bits per heavy atom. The summed E-state index contributed by atoms with van der Waals surface area (Å²) in [4.78, 5) is 25.3. The third-order valence-corrected chi connectivity index (χ3v) is 5.95. The number of carbonyl (C=O) groups is 2. The van der Waals surface area contributed by atoms with E-state index in [4.69, 9.17) is 9.84 Å². The Bertz CT molecular complexity index is 742. The quantitative estimate of drug-likeness (QED) is 0.583. The van der Waals surface area contributed by atoms with E-state index in [0.29, 0.717) is 31.1 Å². The van der Waals surface area contributed by atoms with E-state index in [1.165, 1.54) is 4.90 Å². The van der Waals surface area contributed by atoms with Crippen LogP contribution in [0, 0.1) is 11.3 Å². The van der Waals surface area contributed by atoms with Gasteiger partial charge in [0.25, 0.3) is 5.91 Å². The molecule has 0 saturated carbocycles. The number of likely N-dealkylation sites (tertiary alicyclic amines) is 1. The van der Waals surface area contributed by atoms with Crippen LogP contribution in [0.1, 0.15) is 33.6 Å². The second-order valence-corrected chi connectivity index (χ2v) is 8.60. The van der Waals surface area contributed by atoms with Gasteiger partial charge in [0.2, 0.25) is 0 Å². The zero-order chi connectivity index (χ0) is 20.5. The number of methoxy groups -OCH3 is 1. The van der Waals surface area contributed by atoms with Crippen molar-refractivity contribution < 1.29 is 19.4 Å². The standard InChI is InChI=1S/C20H30N4O4/c1-19(2,3)20-8-5-14(28-4)11-15(20)16(22-23-20)17(25)21-12-13-6-9-24(10-7-13)18(26)27/h5,8,11,13,22-23H,6-7,9-10,12H2,1-4H3,(H,21,25)(H,26,27). The van der Waals surface area contributed by atoms with E-state index in [0.717, 1.165) is 18.4 Å². The predicted octanol–water partition coefficient (Wildman–Crippen LogP) is 1.74. The van der Waals surface area contributed by atoms with Gasteiger partial charge in [0.15, 0.2) is 0 Å². The van der Waals surface area contributed by atoms with Crippen molar-refractivity contribution >= 4 is 12.0 Å². The first-order chi connectivity index (χ1) is 13.2. The van der Waals surface area contributed by atoms with Crippen molar-refractivity contribution in [2.75, 3.05) is 26.7 Å². The Balaban J connectivity index is 1.71. The van der Waals surface area contributed by atoms with Crippen molar-refractivity contribution in [1.82, 2.24) is 21.1 Å². The summed E-state index contributed by atoms with van der Waals surface area (Å²) in [5.74, 6) is 0.811. The topological polar surface area (TPSA) is 103 Å². The highest BCUT2D eigenvalue weighted by atomic mass is 16.5. The average Bonchev–Trinajstić information content (AvgIpc) is 3.06. The first kappa shape index (κ1) is 20.3. The number of allylic oxidation sites excluding steroid dienone is 1. The number of nitrogens with one attached hydrogen (secondary N) is 3. The fourth-order valence-electron chi connectivity index (χ4n) is 4.01. The van der Waals surface area contributed by atoms with Gasteiger partial charge in [-0.2, -0.15) is 0 Å². The molecular weight excluding hydrogens is 360 g/mol. The number of amides is 2. The maximum absolute atomic E-state index is 12.9. The predicted molar refractivity (Wildman–Crippen MR) is 105 cm³/mol. The van der Waals surface area contributed by atoms with Crippen molar-refractivity contribution in [2.24, 2.45) is 11.3 Å². The molecule has 2 aliphatic heterocycles. The third-order valence-electron chi connectivity index (χ3n) is 5.95. The molecule has 8 nitrogen and oxygen atoms in total. The number of hydrazine groups is 1. The highest BCUT2D eigenvalue weighted by molar-refractivity contribution is 5.95. The molecule has 0 aromatic heterocycles. The summed E-state index contributed by atoms with van der Waals surface area (Å²) in [6, 6.07) is 0. The summed E-state index contributed by atoms with van der Waals surface area (Å²) in [6.45, 7) is 7.92. The molecule has 8 heteroatoms. The summed E-state index contributed by atoms with van der Waals surface area (Å²) in [5.41, 5.74) is 7.06. The van der Waals surface area contributed by atoms with Crippen molar-refractivity contribution in [3.05, 3.63) is 35.3 Å². The van der Waals surface area contributed by atoms with Crippen LogP contribution in [0.25, 0.3) is 0 Å². The highest BCUT2D eigenvalue weighted by Crippen LogP contribution is 2.44. The maximum atomic E-state index is 12.9. The molecule has 1 atom stereocenters. The molecule has 0 spiro atoms. The van der Waals surface area contributed by atoms with E-state index in [-0.39, 0.29) is 17.2 Å². The van der Waals surface area contributed by atoms with Gasteiger partial charge in [0.05, 0.1) is 12.6 Å². The SMILES string of the molecule is COC1=CC2=C(C(=O)NCC3CCN(C(=O)O)CC3)NNC2(C(C)(C)C)C=C1. The van der Waals surface area contributed by atoms with Crippen LogP contribution in [0.15, 0.2) is 35.3 Å². The molecule has 4 N–H and O–H groups in total. The molecule has 0 aromatic rings. The van der Waals surface area contributed by atoms with E-state index in [1.54, 1.807) is 7.11 Å². The van der Waals surface area contributed by atoms with Crippen LogP contribution in [-0.4, -0.2) is 54.3 Å². The molecule has 154 valence electrons. The maximum Gasteiger partial charge on any atom is 0.407 e. The molecule has 3 aliphatic rings. The van der Waals surface area contributed by atoms with Gasteiger partial charge >= 0.3 is 6.09 Å². The molecule has 0 bridgehead atoms. The molecule has 28 heavy (non-hydrogen) atoms. The lowest BCUT2D eigenvalue weighted by atomic mass is 9.68. The molecule has 1 unspecified atom stereocenters. The molecule has 3 rings (SSSR count). The van der Waals surface area contributed by atoms with Gasteiger partial charge in [0, 0.05) is 25.2 Å². The molecule has 1 aliphatic carbocycles. The number of hydrogen-bond donors (Lipinski definition) is 4. The number of piperidine rings is 1. The van der Waals surface area contributed by atoms with Crippen LogP contribution >= 0.6 is 0 Å². The van der Waals surface area contributed by atoms with Crippen molar-refractivity contribution in [3.63, 3.8) is 0 Å². The summed E-state index contributed by atoms with van der Waals surface area (Å²) >= 11 is 0. The normalized spacial score (nSPS) is 25.1. The van der Waals surface area contributed by atoms with E-state index in [2.05, 4.69) is 36.9 Å². The lowest BCUT2D eigenvalue weighted by molar-refractivity contribution is -0.118. The smallest absolute Gasteiger partial charge is 0.407 e. The Kier molecular flexibility index (Phi) is 5.43. The minimum absolute atomic E-state index is 0.170. The summed E-state index contributed by atoms with van der Waals surface area (Å²) < 4.78 is 5.37. The van der Waals surface area contributed by atoms with E-state index >= 15 is 0 Å². The van der Waals surface area contributed by atoms with Crippen LogP contribution in [0.2, 0.25) is 0 Å². The van der Waals surface area contributed by atoms with Gasteiger partial charge in [-0.25, -0.2) is 10.2 Å². The van der Waals surface area contributed by atoms with Gasteiger partial charge < -0.3 is 25.5 Å². The second-order valence-electron chi connectivity index (χ2n) is 8.60. The van der Waals surface area contributed by atoms with Gasteiger partial charge in [-0.15, -0.1) is 0 Å². The Hall–Kier alpha value is -2.48. The van der Waals surface area contributed by atoms with Gasteiger partial charge in [0.1, 0.15) is 11.5 Å². The molecular formula is C20H30N4O4. The van der Waals surface area contributed by atoms with Crippen LogP contribution in [0.3, 0.4) is 0 Å². The number of nitrogens with zero attached hydrogens (tertiary/aromatic N) is 1. The number of hydrogen-bond acceptors (Lipinski definition) is 5. The zero-order valence-corrected chi connectivity index (χ0v) is 17.0. The van der Waals surface area contributed by atoms with Crippen LogP contribution < -0.4 is 16.2 Å². The number of rotatable bonds is 4. The Labute approximate surface area is 165 Å². The summed E-state index contributed by atoms with van der Waals surface area (Å²) in [5, 5.41) is 12.1. The van der Waals surface area contributed by atoms with Gasteiger partial charge in [-0.1, -0.05) is 26.8 Å². The molecule has 0 radical (unpaired) electrons. The van der Waals surface area contributed by atoms with Crippen molar-refractivity contribution in [3.8, 4) is 0 Å². The third kappa shape index (κ3) is 3.61. The fraction of sp³-hybridized carbons (Fsp3) is 0.600. The average molecular weight is 390 g/mol. The first-order valence-corrected chi connectivity index (χ1v) is 9.67. The van der Waals surface area contributed by atoms with E-state index < -0.39 is 11.6 Å². The van der Waals surface area contributed by atoms with Gasteiger partial charge in [-0.05, 0) is 36.3 Å². The molecule has 2 heterocycles. The summed E-state index contributed by atoms with van der Waals surface area (Å²) in [6.07, 6.45) is 6.49. The number of ether oxygens (including phenoxy) is 1. The van der Waals surface area contributed by atoms with Crippen molar-refractivity contribution in [1.29, 1.82) is 0 Å². The minimum atomic E-state index is -0.875. The monoisotopic (exact) mass is 390 g/mol. The molecule has 1 fully saturated rings. The molecule has 1 saturated heterocycles. The largest absolute Gasteiger partial charge is 0.497 e. The highest BCUT2D eigenvalue weighted by Gasteiger charge is 2.49. The first-order valence-electron chi connectivity index (χ1n) is 9.67. The molecule has 0 aromatic carbocycles. The number of carboxylic acid groups (broad SMARTS) is 1. The van der Waals surface area contributed by atoms with Gasteiger partial charge in [-0.3, -0.25) is 4.79 Å². The fourth-order valence-corrected chi connectivity index (χ4v) is 4.01. The number of carbonyl (C=O) groups excluding carboxylic acids is 1.